The average molecular weight is 393 g/mol. The Morgan fingerprint density at radius 1 is 1.10 bits per heavy atom. The summed E-state index contributed by atoms with van der Waals surface area (Å²) in [5, 5.41) is 0. The third kappa shape index (κ3) is 2.86. The first-order valence-electron chi connectivity index (χ1n) is 9.77. The Bertz CT molecular complexity index is 1010. The van der Waals surface area contributed by atoms with Crippen LogP contribution in [0.15, 0.2) is 36.9 Å². The summed E-state index contributed by atoms with van der Waals surface area (Å²) in [6.07, 6.45) is 3.62. The van der Waals surface area contributed by atoms with E-state index in [-0.39, 0.29) is 24.8 Å². The van der Waals surface area contributed by atoms with Crippen molar-refractivity contribution >= 4 is 5.97 Å². The summed E-state index contributed by atoms with van der Waals surface area (Å²) >= 11 is 0. The van der Waals surface area contributed by atoms with Crippen molar-refractivity contribution in [3.8, 4) is 23.0 Å². The Labute approximate surface area is 169 Å². The van der Waals surface area contributed by atoms with Crippen molar-refractivity contribution in [2.75, 3.05) is 20.4 Å². The van der Waals surface area contributed by atoms with Crippen LogP contribution in [0.1, 0.15) is 41.3 Å². The number of carbonyl (C=O) groups excluding carboxylic acids is 1. The molecule has 5 rings (SSSR count). The van der Waals surface area contributed by atoms with Crippen LogP contribution in [0, 0.1) is 0 Å². The van der Waals surface area contributed by atoms with Crippen LogP contribution in [0.5, 0.6) is 23.0 Å². The van der Waals surface area contributed by atoms with Crippen LogP contribution in [0.4, 0.5) is 0 Å². The van der Waals surface area contributed by atoms with Crippen LogP contribution in [-0.4, -0.2) is 31.3 Å². The van der Waals surface area contributed by atoms with Crippen molar-refractivity contribution in [3.63, 3.8) is 0 Å². The van der Waals surface area contributed by atoms with Gasteiger partial charge in [0, 0.05) is 25.6 Å². The van der Waals surface area contributed by atoms with Crippen LogP contribution in [0.25, 0.3) is 0 Å². The van der Waals surface area contributed by atoms with Gasteiger partial charge in [-0.3, -0.25) is 9.69 Å². The number of esters is 1. The van der Waals surface area contributed by atoms with E-state index >= 15 is 0 Å². The highest BCUT2D eigenvalue weighted by Gasteiger charge is 2.41. The molecule has 0 unspecified atom stereocenters. The van der Waals surface area contributed by atoms with E-state index in [1.165, 1.54) is 29.2 Å². The minimum atomic E-state index is -0.356. The Morgan fingerprint density at radius 3 is 2.41 bits per heavy atom. The minimum Gasteiger partial charge on any atom is -0.493 e. The number of nitrogens with zero attached hydrogens (tertiary/aromatic N) is 1. The molecular weight excluding hydrogens is 370 g/mol. The van der Waals surface area contributed by atoms with E-state index in [0.29, 0.717) is 11.5 Å². The molecule has 6 heteroatoms. The van der Waals surface area contributed by atoms with Gasteiger partial charge >= 0.3 is 5.97 Å². The zero-order chi connectivity index (χ0) is 20.1. The van der Waals surface area contributed by atoms with Crippen molar-refractivity contribution in [2.24, 2.45) is 0 Å². The van der Waals surface area contributed by atoms with Crippen molar-refractivity contribution < 1.29 is 23.7 Å². The fourth-order valence-corrected chi connectivity index (χ4v) is 4.83. The molecular formula is C23H23NO5. The monoisotopic (exact) mass is 393 g/mol. The second kappa shape index (κ2) is 6.81. The summed E-state index contributed by atoms with van der Waals surface area (Å²) in [5.41, 5.74) is 4.95. The third-order valence-corrected chi connectivity index (χ3v) is 6.00. The molecule has 0 aliphatic carbocycles. The first-order valence-corrected chi connectivity index (χ1v) is 9.77. The smallest absolute Gasteiger partial charge is 0.308 e. The maximum absolute atomic E-state index is 11.5. The number of carbonyl (C=O) groups is 1. The number of methoxy groups -OCH3 is 1. The predicted octanol–water partition coefficient (Wildman–Crippen LogP) is 3.73. The molecule has 2 aromatic rings. The van der Waals surface area contributed by atoms with Gasteiger partial charge in [-0.25, -0.2) is 0 Å². The summed E-state index contributed by atoms with van der Waals surface area (Å²) < 4.78 is 22.1. The second-order valence-electron chi connectivity index (χ2n) is 7.63. The lowest BCUT2D eigenvalue weighted by Crippen LogP contribution is -2.43. The van der Waals surface area contributed by atoms with Crippen LogP contribution in [-0.2, 0) is 17.6 Å². The number of fused-ring (bicyclic) bond motifs is 7. The molecule has 0 spiro atoms. The molecule has 0 saturated carbocycles. The molecule has 0 fully saturated rings. The van der Waals surface area contributed by atoms with E-state index in [9.17, 15) is 4.79 Å². The molecule has 0 amide bonds. The highest BCUT2D eigenvalue weighted by Crippen LogP contribution is 2.51. The molecule has 3 aliphatic heterocycles. The predicted molar refractivity (Wildman–Crippen MR) is 107 cm³/mol. The standard InChI is InChI=1S/C23H23NO5/c1-4-5-24-18-6-14-8-21-22(28-12-27-21)11-17(14)19(24)7-15-9-23(29-13(2)25)20(26-3)10-16(15)18/h4,8-11,18-19H,1,5-7,12H2,2-3H3/t18-,19-/m0/s1. The van der Waals surface area contributed by atoms with Gasteiger partial charge in [-0.1, -0.05) is 6.08 Å². The van der Waals surface area contributed by atoms with Crippen molar-refractivity contribution in [1.82, 2.24) is 4.90 Å². The maximum Gasteiger partial charge on any atom is 0.308 e. The summed E-state index contributed by atoms with van der Waals surface area (Å²) in [5.74, 6) is 2.32. The molecule has 0 saturated heterocycles. The zero-order valence-electron chi connectivity index (χ0n) is 16.6. The van der Waals surface area contributed by atoms with Crippen LogP contribution in [0.2, 0.25) is 0 Å². The maximum atomic E-state index is 11.5. The fourth-order valence-electron chi connectivity index (χ4n) is 4.83. The quantitative estimate of drug-likeness (QED) is 0.448. The lowest BCUT2D eigenvalue weighted by atomic mass is 9.76. The van der Waals surface area contributed by atoms with Gasteiger partial charge in [0.25, 0.3) is 0 Å². The molecule has 29 heavy (non-hydrogen) atoms. The first kappa shape index (κ1) is 18.1. The summed E-state index contributed by atoms with van der Waals surface area (Å²) in [6.45, 7) is 6.42. The molecule has 0 radical (unpaired) electrons. The second-order valence-corrected chi connectivity index (χ2v) is 7.63. The average Bonchev–Trinajstić information content (AvgIpc) is 3.14. The van der Waals surface area contributed by atoms with E-state index in [0.717, 1.165) is 30.9 Å². The molecule has 2 bridgehead atoms. The normalized spacial score (nSPS) is 21.2. The Kier molecular flexibility index (Phi) is 4.24. The zero-order valence-corrected chi connectivity index (χ0v) is 16.6. The van der Waals surface area contributed by atoms with Gasteiger partial charge in [-0.2, -0.15) is 0 Å². The van der Waals surface area contributed by atoms with Crippen LogP contribution >= 0.6 is 0 Å². The van der Waals surface area contributed by atoms with E-state index in [2.05, 4.69) is 23.6 Å². The number of hydrogen-bond donors (Lipinski definition) is 0. The highest BCUT2D eigenvalue weighted by atomic mass is 16.7. The summed E-state index contributed by atoms with van der Waals surface area (Å²) in [7, 11) is 1.60. The van der Waals surface area contributed by atoms with Gasteiger partial charge in [0.15, 0.2) is 23.0 Å². The lowest BCUT2D eigenvalue weighted by Gasteiger charge is -2.47. The van der Waals surface area contributed by atoms with Crippen LogP contribution < -0.4 is 18.9 Å². The first-order chi connectivity index (χ1) is 14.1. The molecule has 2 atom stereocenters. The summed E-state index contributed by atoms with van der Waals surface area (Å²) in [6, 6.07) is 8.60. The number of hydrogen-bond acceptors (Lipinski definition) is 6. The van der Waals surface area contributed by atoms with Gasteiger partial charge in [-0.05, 0) is 59.4 Å². The van der Waals surface area contributed by atoms with Crippen molar-refractivity contribution in [3.05, 3.63) is 59.2 Å². The number of benzene rings is 2. The van der Waals surface area contributed by atoms with Crippen LogP contribution in [0.3, 0.4) is 0 Å². The molecule has 3 aliphatic rings. The van der Waals surface area contributed by atoms with Gasteiger partial charge in [0.2, 0.25) is 6.79 Å². The van der Waals surface area contributed by atoms with Gasteiger partial charge in [0.1, 0.15) is 0 Å². The fraction of sp³-hybridized carbons (Fsp3) is 0.348. The molecule has 150 valence electrons. The number of ether oxygens (including phenoxy) is 4. The molecule has 2 aromatic carbocycles. The largest absolute Gasteiger partial charge is 0.493 e. The molecule has 3 heterocycles. The Hall–Kier alpha value is -2.99. The molecule has 0 N–H and O–H groups in total. The summed E-state index contributed by atoms with van der Waals surface area (Å²) in [4.78, 5) is 14.0. The van der Waals surface area contributed by atoms with E-state index in [1.54, 1.807) is 7.11 Å². The van der Waals surface area contributed by atoms with E-state index in [4.69, 9.17) is 18.9 Å². The van der Waals surface area contributed by atoms with Crippen molar-refractivity contribution in [2.45, 2.75) is 31.8 Å². The topological polar surface area (TPSA) is 57.2 Å². The van der Waals surface area contributed by atoms with Gasteiger partial charge in [-0.15, -0.1) is 6.58 Å². The Balaban J connectivity index is 1.63. The highest BCUT2D eigenvalue weighted by molar-refractivity contribution is 5.71. The van der Waals surface area contributed by atoms with Crippen molar-refractivity contribution in [1.29, 1.82) is 0 Å². The molecule has 6 nitrogen and oxygen atoms in total. The molecule has 0 aromatic heterocycles. The third-order valence-electron chi connectivity index (χ3n) is 6.00. The van der Waals surface area contributed by atoms with E-state index < -0.39 is 0 Å². The van der Waals surface area contributed by atoms with Gasteiger partial charge < -0.3 is 18.9 Å². The van der Waals surface area contributed by atoms with E-state index in [1.807, 2.05) is 18.2 Å². The Morgan fingerprint density at radius 2 is 1.76 bits per heavy atom. The van der Waals surface area contributed by atoms with Gasteiger partial charge in [0.05, 0.1) is 7.11 Å². The lowest BCUT2D eigenvalue weighted by molar-refractivity contribution is -0.132. The minimum absolute atomic E-state index is 0.190. The SMILES string of the molecule is C=CCN1[C@H]2Cc3cc4c(cc3[C@@H]1Cc1cc(OC(C)=O)c(OC)cc12)OCO4. The number of rotatable bonds is 4.